The molecule has 124 valence electrons. The van der Waals surface area contributed by atoms with Gasteiger partial charge in [0, 0.05) is 11.6 Å². The molecule has 0 saturated carbocycles. The van der Waals surface area contributed by atoms with Gasteiger partial charge >= 0.3 is 6.18 Å². The molecule has 1 amide bonds. The summed E-state index contributed by atoms with van der Waals surface area (Å²) in [5.74, 6) is -0.900. The van der Waals surface area contributed by atoms with Crippen LogP contribution in [0.4, 0.5) is 18.9 Å². The molecule has 0 fully saturated rings. The summed E-state index contributed by atoms with van der Waals surface area (Å²) in [5, 5.41) is 14.3. The van der Waals surface area contributed by atoms with E-state index in [-0.39, 0.29) is 11.1 Å². The third-order valence-electron chi connectivity index (χ3n) is 2.98. The molecule has 1 N–H and O–H groups in total. The van der Waals surface area contributed by atoms with Gasteiger partial charge < -0.3 is 0 Å². The van der Waals surface area contributed by atoms with Crippen molar-refractivity contribution in [2.24, 2.45) is 5.10 Å². The average molecular weight is 337 g/mol. The zero-order valence-corrected chi connectivity index (χ0v) is 11.9. The van der Waals surface area contributed by atoms with Crippen LogP contribution in [-0.2, 0) is 6.18 Å². The summed E-state index contributed by atoms with van der Waals surface area (Å²) in [4.78, 5) is 22.0. The Morgan fingerprint density at radius 1 is 1.12 bits per heavy atom. The maximum Gasteiger partial charge on any atom is 0.417 e. The van der Waals surface area contributed by atoms with Gasteiger partial charge in [-0.3, -0.25) is 14.9 Å². The summed E-state index contributed by atoms with van der Waals surface area (Å²) >= 11 is 0. The van der Waals surface area contributed by atoms with Crippen LogP contribution in [0.25, 0.3) is 0 Å². The summed E-state index contributed by atoms with van der Waals surface area (Å²) in [6, 6.07) is 9.84. The number of carbonyl (C=O) groups is 1. The van der Waals surface area contributed by atoms with Gasteiger partial charge in [0.25, 0.3) is 11.6 Å². The lowest BCUT2D eigenvalue weighted by atomic mass is 10.1. The molecular weight excluding hydrogens is 327 g/mol. The number of nitro benzene ring substituents is 1. The first-order chi connectivity index (χ1) is 11.3. The van der Waals surface area contributed by atoms with Gasteiger partial charge in [-0.25, -0.2) is 5.43 Å². The van der Waals surface area contributed by atoms with Crippen molar-refractivity contribution in [3.8, 4) is 0 Å². The Labute approximate surface area is 133 Å². The largest absolute Gasteiger partial charge is 0.417 e. The Morgan fingerprint density at radius 3 is 2.42 bits per heavy atom. The van der Waals surface area contributed by atoms with Crippen LogP contribution in [-0.4, -0.2) is 17.0 Å². The lowest BCUT2D eigenvalue weighted by Crippen LogP contribution is -2.19. The summed E-state index contributed by atoms with van der Waals surface area (Å²) in [6.07, 6.45) is -3.74. The highest BCUT2D eigenvalue weighted by Gasteiger charge is 2.32. The second kappa shape index (κ2) is 6.90. The highest BCUT2D eigenvalue weighted by atomic mass is 19.4. The number of nitro groups is 1. The van der Waals surface area contributed by atoms with Gasteiger partial charge in [-0.1, -0.05) is 30.3 Å². The molecule has 0 aliphatic rings. The van der Waals surface area contributed by atoms with E-state index in [2.05, 4.69) is 5.10 Å². The second-order valence-electron chi connectivity index (χ2n) is 4.56. The third kappa shape index (κ3) is 3.94. The number of carbonyl (C=O) groups excluding carboxylic acids is 1. The van der Waals surface area contributed by atoms with E-state index in [4.69, 9.17) is 0 Å². The molecule has 0 aliphatic carbocycles. The van der Waals surface area contributed by atoms with Gasteiger partial charge in [0.2, 0.25) is 0 Å². The first-order valence-electron chi connectivity index (χ1n) is 6.54. The van der Waals surface area contributed by atoms with Crippen molar-refractivity contribution in [2.45, 2.75) is 6.18 Å². The number of rotatable bonds is 4. The number of nitrogens with one attached hydrogen (secondary N) is 1. The molecule has 0 spiro atoms. The predicted molar refractivity (Wildman–Crippen MR) is 79.6 cm³/mol. The van der Waals surface area contributed by atoms with Gasteiger partial charge in [-0.2, -0.15) is 18.3 Å². The molecule has 0 saturated heterocycles. The zero-order valence-electron chi connectivity index (χ0n) is 11.9. The Balaban J connectivity index is 2.19. The molecule has 0 bridgehead atoms. The van der Waals surface area contributed by atoms with Crippen molar-refractivity contribution >= 4 is 17.8 Å². The number of hydrogen-bond acceptors (Lipinski definition) is 4. The van der Waals surface area contributed by atoms with Crippen LogP contribution >= 0.6 is 0 Å². The van der Waals surface area contributed by atoms with Gasteiger partial charge in [-0.05, 0) is 12.1 Å². The average Bonchev–Trinajstić information content (AvgIpc) is 2.54. The van der Waals surface area contributed by atoms with Crippen LogP contribution in [0.5, 0.6) is 0 Å². The van der Waals surface area contributed by atoms with E-state index in [1.165, 1.54) is 36.4 Å². The number of amides is 1. The van der Waals surface area contributed by atoms with Crippen LogP contribution < -0.4 is 5.43 Å². The van der Waals surface area contributed by atoms with E-state index in [0.717, 1.165) is 18.3 Å². The van der Waals surface area contributed by atoms with Crippen molar-refractivity contribution in [3.05, 3.63) is 75.3 Å². The monoisotopic (exact) mass is 337 g/mol. The van der Waals surface area contributed by atoms with Crippen LogP contribution in [0.15, 0.2) is 53.6 Å². The summed E-state index contributed by atoms with van der Waals surface area (Å²) in [6.45, 7) is 0. The van der Waals surface area contributed by atoms with Crippen molar-refractivity contribution in [1.29, 1.82) is 0 Å². The van der Waals surface area contributed by atoms with E-state index in [0.29, 0.717) is 0 Å². The number of alkyl halides is 3. The summed E-state index contributed by atoms with van der Waals surface area (Å²) < 4.78 is 38.5. The first-order valence-corrected chi connectivity index (χ1v) is 6.54. The fourth-order valence-electron chi connectivity index (χ4n) is 1.91. The SMILES string of the molecule is O=C(N/N=C\c1ccccc1C(F)(F)F)c1ccccc1[N+](=O)[O-]. The van der Waals surface area contributed by atoms with Gasteiger partial charge in [-0.15, -0.1) is 0 Å². The van der Waals surface area contributed by atoms with E-state index in [9.17, 15) is 28.1 Å². The van der Waals surface area contributed by atoms with E-state index >= 15 is 0 Å². The smallest absolute Gasteiger partial charge is 0.267 e. The van der Waals surface area contributed by atoms with Crippen LogP contribution in [0, 0.1) is 10.1 Å². The molecule has 0 aliphatic heterocycles. The lowest BCUT2D eigenvalue weighted by Gasteiger charge is -2.09. The standard InChI is InChI=1S/C15H10F3N3O3/c16-15(17,18)12-7-3-1-5-10(12)9-19-20-14(22)11-6-2-4-8-13(11)21(23)24/h1-9H,(H,20,22)/b19-9-. The minimum atomic E-state index is -4.56. The van der Waals surface area contributed by atoms with Crippen LogP contribution in [0.1, 0.15) is 21.5 Å². The Morgan fingerprint density at radius 2 is 1.75 bits per heavy atom. The molecule has 0 heterocycles. The van der Waals surface area contributed by atoms with E-state index < -0.39 is 28.3 Å². The maximum atomic E-state index is 12.8. The number of para-hydroxylation sites is 1. The lowest BCUT2D eigenvalue weighted by molar-refractivity contribution is -0.385. The summed E-state index contributed by atoms with van der Waals surface area (Å²) in [7, 11) is 0. The topological polar surface area (TPSA) is 84.6 Å². The zero-order chi connectivity index (χ0) is 17.7. The van der Waals surface area contributed by atoms with Crippen molar-refractivity contribution in [1.82, 2.24) is 5.43 Å². The quantitative estimate of drug-likeness (QED) is 0.527. The highest BCUT2D eigenvalue weighted by Crippen LogP contribution is 2.31. The summed E-state index contributed by atoms with van der Waals surface area (Å²) in [5.41, 5.74) is 0.152. The molecular formula is C15H10F3N3O3. The fraction of sp³-hybridized carbons (Fsp3) is 0.0667. The molecule has 0 aromatic heterocycles. The second-order valence-corrected chi connectivity index (χ2v) is 4.56. The Hall–Kier alpha value is -3.23. The Bertz CT molecular complexity index is 804. The minimum Gasteiger partial charge on any atom is -0.267 e. The predicted octanol–water partition coefficient (Wildman–Crippen LogP) is 3.38. The van der Waals surface area contributed by atoms with Crippen molar-refractivity contribution in [3.63, 3.8) is 0 Å². The fourth-order valence-corrected chi connectivity index (χ4v) is 1.91. The highest BCUT2D eigenvalue weighted by molar-refractivity contribution is 5.98. The van der Waals surface area contributed by atoms with E-state index in [1.54, 1.807) is 0 Å². The normalized spacial score (nSPS) is 11.5. The molecule has 0 radical (unpaired) electrons. The van der Waals surface area contributed by atoms with Crippen molar-refractivity contribution < 1.29 is 22.9 Å². The Kier molecular flexibility index (Phi) is 4.93. The molecule has 0 unspecified atom stereocenters. The number of halogens is 3. The molecule has 2 rings (SSSR count). The molecule has 24 heavy (non-hydrogen) atoms. The molecule has 0 atom stereocenters. The number of benzene rings is 2. The number of hydrazone groups is 1. The molecule has 9 heteroatoms. The number of hydrogen-bond donors (Lipinski definition) is 1. The van der Waals surface area contributed by atoms with Gasteiger partial charge in [0.15, 0.2) is 0 Å². The molecule has 2 aromatic rings. The van der Waals surface area contributed by atoms with Gasteiger partial charge in [0.1, 0.15) is 5.56 Å². The maximum absolute atomic E-state index is 12.8. The van der Waals surface area contributed by atoms with Crippen molar-refractivity contribution in [2.75, 3.05) is 0 Å². The minimum absolute atomic E-state index is 0.243. The first kappa shape index (κ1) is 17.1. The van der Waals surface area contributed by atoms with Gasteiger partial charge in [0.05, 0.1) is 16.7 Å². The molecule has 2 aromatic carbocycles. The number of nitrogens with zero attached hydrogens (tertiary/aromatic N) is 2. The molecule has 6 nitrogen and oxygen atoms in total. The van der Waals surface area contributed by atoms with E-state index in [1.807, 2.05) is 5.43 Å². The van der Waals surface area contributed by atoms with Crippen LogP contribution in [0.3, 0.4) is 0 Å². The third-order valence-corrected chi connectivity index (χ3v) is 2.98. The van der Waals surface area contributed by atoms with Crippen LogP contribution in [0.2, 0.25) is 0 Å².